The van der Waals surface area contributed by atoms with Gasteiger partial charge in [0.05, 0.1) is 27.4 Å². The number of nitrogens with zero attached hydrogens (tertiary/aromatic N) is 1. The minimum atomic E-state index is 0. The third-order valence-corrected chi connectivity index (χ3v) is 4.00. The average Bonchev–Trinajstić information content (AvgIpc) is 2.73. The molecule has 8 heteroatoms. The van der Waals surface area contributed by atoms with Crippen molar-refractivity contribution >= 4 is 41.3 Å². The second kappa shape index (κ2) is 13.9. The number of benzene rings is 2. The second-order valence-corrected chi connectivity index (χ2v) is 6.01. The third-order valence-electron chi connectivity index (χ3n) is 4.00. The quantitative estimate of drug-likeness (QED) is 0.193. The van der Waals surface area contributed by atoms with Gasteiger partial charge in [-0.3, -0.25) is 0 Å². The summed E-state index contributed by atoms with van der Waals surface area (Å²) < 4.78 is 15.7. The Hall–Kier alpha value is -2.20. The van der Waals surface area contributed by atoms with Crippen LogP contribution in [0.15, 0.2) is 47.5 Å². The first kappa shape index (κ1) is 24.8. The highest BCUT2D eigenvalue weighted by Crippen LogP contribution is 2.29. The molecule has 0 amide bonds. The zero-order valence-electron chi connectivity index (χ0n) is 17.5. The molecule has 0 saturated heterocycles. The summed E-state index contributed by atoms with van der Waals surface area (Å²) in [5.41, 5.74) is 3.07. The molecule has 29 heavy (non-hydrogen) atoms. The maximum absolute atomic E-state index is 5.35. The highest BCUT2D eigenvalue weighted by molar-refractivity contribution is 14.0. The van der Waals surface area contributed by atoms with Crippen LogP contribution >= 0.6 is 24.0 Å². The lowest BCUT2D eigenvalue weighted by molar-refractivity contribution is 0.211. The van der Waals surface area contributed by atoms with Gasteiger partial charge in [0, 0.05) is 37.6 Å². The molecule has 2 aromatic carbocycles. The molecule has 0 spiro atoms. The Morgan fingerprint density at radius 3 is 2.24 bits per heavy atom. The number of rotatable bonds is 10. The second-order valence-electron chi connectivity index (χ2n) is 6.01. The lowest BCUT2D eigenvalue weighted by Crippen LogP contribution is -2.30. The first-order valence-corrected chi connectivity index (χ1v) is 9.29. The van der Waals surface area contributed by atoms with Crippen LogP contribution in [0.4, 0.5) is 11.4 Å². The molecule has 0 aliphatic heterocycles. The molecule has 0 fully saturated rings. The monoisotopic (exact) mass is 514 g/mol. The predicted molar refractivity (Wildman–Crippen MR) is 130 cm³/mol. The summed E-state index contributed by atoms with van der Waals surface area (Å²) in [6, 6.07) is 13.9. The number of nitrogens with one attached hydrogen (secondary N) is 3. The Bertz CT molecular complexity index is 754. The molecule has 0 atom stereocenters. The molecule has 0 saturated carbocycles. The fourth-order valence-corrected chi connectivity index (χ4v) is 2.55. The summed E-state index contributed by atoms with van der Waals surface area (Å²) in [4.78, 5) is 4.66. The summed E-state index contributed by atoms with van der Waals surface area (Å²) in [5, 5.41) is 9.86. The largest absolute Gasteiger partial charge is 0.493 e. The molecule has 7 nitrogen and oxygen atoms in total. The molecule has 2 rings (SSSR count). The maximum atomic E-state index is 5.35. The van der Waals surface area contributed by atoms with Gasteiger partial charge in [-0.25, -0.2) is 4.99 Å². The number of ether oxygens (including phenoxy) is 3. The van der Waals surface area contributed by atoms with Crippen molar-refractivity contribution in [1.82, 2.24) is 5.32 Å². The van der Waals surface area contributed by atoms with E-state index in [1.165, 1.54) is 0 Å². The number of anilines is 2. The van der Waals surface area contributed by atoms with Crippen LogP contribution in [0.2, 0.25) is 0 Å². The fourth-order valence-electron chi connectivity index (χ4n) is 2.55. The SMILES string of the molecule is CCNC(=NCc1ccc(NCCOC)cc1)Nc1ccc(OC)c(OC)c1.I. The Kier molecular flexibility index (Phi) is 11.9. The molecule has 0 bridgehead atoms. The maximum Gasteiger partial charge on any atom is 0.196 e. The van der Waals surface area contributed by atoms with Crippen LogP contribution in [0.25, 0.3) is 0 Å². The standard InChI is InChI=1S/C21H30N4O3.HI/c1-5-22-21(25-18-10-11-19(27-3)20(14-18)28-4)24-15-16-6-8-17(9-7-16)23-12-13-26-2;/h6-11,14,23H,5,12-13,15H2,1-4H3,(H2,22,24,25);1H. The number of hydrogen-bond acceptors (Lipinski definition) is 5. The van der Waals surface area contributed by atoms with Gasteiger partial charge in [0.15, 0.2) is 17.5 Å². The van der Waals surface area contributed by atoms with E-state index in [-0.39, 0.29) is 24.0 Å². The smallest absolute Gasteiger partial charge is 0.196 e. The van der Waals surface area contributed by atoms with Crippen molar-refractivity contribution in [3.05, 3.63) is 48.0 Å². The highest BCUT2D eigenvalue weighted by atomic mass is 127. The van der Waals surface area contributed by atoms with Crippen LogP contribution in [0.3, 0.4) is 0 Å². The van der Waals surface area contributed by atoms with E-state index in [1.807, 2.05) is 25.1 Å². The van der Waals surface area contributed by atoms with Crippen molar-refractivity contribution in [2.75, 3.05) is 51.7 Å². The van der Waals surface area contributed by atoms with Gasteiger partial charge in [0.2, 0.25) is 0 Å². The Morgan fingerprint density at radius 1 is 0.931 bits per heavy atom. The predicted octanol–water partition coefficient (Wildman–Crippen LogP) is 3.96. The molecule has 0 aromatic heterocycles. The topological polar surface area (TPSA) is 76.1 Å². The van der Waals surface area contributed by atoms with Crippen LogP contribution in [0.1, 0.15) is 12.5 Å². The van der Waals surface area contributed by atoms with Crippen molar-refractivity contribution < 1.29 is 14.2 Å². The zero-order chi connectivity index (χ0) is 20.2. The number of aliphatic imine (C=N–C) groups is 1. The molecule has 2 aromatic rings. The fraction of sp³-hybridized carbons (Fsp3) is 0.381. The van der Waals surface area contributed by atoms with Crippen molar-refractivity contribution in [2.24, 2.45) is 4.99 Å². The van der Waals surface area contributed by atoms with E-state index in [0.29, 0.717) is 30.6 Å². The number of hydrogen-bond donors (Lipinski definition) is 3. The summed E-state index contributed by atoms with van der Waals surface area (Å²) >= 11 is 0. The van der Waals surface area contributed by atoms with Crippen LogP contribution in [-0.2, 0) is 11.3 Å². The zero-order valence-corrected chi connectivity index (χ0v) is 19.8. The van der Waals surface area contributed by atoms with E-state index in [9.17, 15) is 0 Å². The van der Waals surface area contributed by atoms with Gasteiger partial charge in [-0.15, -0.1) is 24.0 Å². The van der Waals surface area contributed by atoms with E-state index in [2.05, 4.69) is 45.2 Å². The van der Waals surface area contributed by atoms with Gasteiger partial charge in [-0.05, 0) is 36.8 Å². The molecule has 0 heterocycles. The molecule has 0 aliphatic rings. The molecular weight excluding hydrogens is 483 g/mol. The Labute approximate surface area is 190 Å². The van der Waals surface area contributed by atoms with Gasteiger partial charge in [-0.2, -0.15) is 0 Å². The van der Waals surface area contributed by atoms with Crippen LogP contribution < -0.4 is 25.4 Å². The van der Waals surface area contributed by atoms with Crippen molar-refractivity contribution in [2.45, 2.75) is 13.5 Å². The Morgan fingerprint density at radius 2 is 1.62 bits per heavy atom. The van der Waals surface area contributed by atoms with E-state index in [0.717, 1.165) is 30.0 Å². The number of halogens is 1. The molecule has 0 radical (unpaired) electrons. The normalized spacial score (nSPS) is 10.7. The molecular formula is C21H31IN4O3. The van der Waals surface area contributed by atoms with Crippen LogP contribution in [0.5, 0.6) is 11.5 Å². The van der Waals surface area contributed by atoms with Crippen molar-refractivity contribution in [3.8, 4) is 11.5 Å². The van der Waals surface area contributed by atoms with Gasteiger partial charge in [-0.1, -0.05) is 12.1 Å². The summed E-state index contributed by atoms with van der Waals surface area (Å²) in [6.45, 7) is 4.84. The van der Waals surface area contributed by atoms with Crippen LogP contribution in [-0.4, -0.2) is 47.0 Å². The minimum Gasteiger partial charge on any atom is -0.493 e. The highest BCUT2D eigenvalue weighted by Gasteiger charge is 2.06. The number of methoxy groups -OCH3 is 3. The van der Waals surface area contributed by atoms with Gasteiger partial charge < -0.3 is 30.2 Å². The third kappa shape index (κ3) is 8.36. The van der Waals surface area contributed by atoms with Gasteiger partial charge >= 0.3 is 0 Å². The molecule has 0 unspecified atom stereocenters. The van der Waals surface area contributed by atoms with E-state index < -0.39 is 0 Å². The first-order valence-electron chi connectivity index (χ1n) is 9.29. The van der Waals surface area contributed by atoms with Crippen molar-refractivity contribution in [1.29, 1.82) is 0 Å². The minimum absolute atomic E-state index is 0. The van der Waals surface area contributed by atoms with E-state index in [4.69, 9.17) is 14.2 Å². The molecule has 0 aliphatic carbocycles. The summed E-state index contributed by atoms with van der Waals surface area (Å²) in [6.07, 6.45) is 0. The molecule has 160 valence electrons. The van der Waals surface area contributed by atoms with Gasteiger partial charge in [0.1, 0.15) is 0 Å². The Balaban J connectivity index is 0.00000420. The lowest BCUT2D eigenvalue weighted by atomic mass is 10.2. The average molecular weight is 514 g/mol. The number of guanidine groups is 1. The van der Waals surface area contributed by atoms with E-state index >= 15 is 0 Å². The van der Waals surface area contributed by atoms with Gasteiger partial charge in [0.25, 0.3) is 0 Å². The first-order chi connectivity index (χ1) is 13.7. The molecule has 3 N–H and O–H groups in total. The van der Waals surface area contributed by atoms with Crippen molar-refractivity contribution in [3.63, 3.8) is 0 Å². The van der Waals surface area contributed by atoms with E-state index in [1.54, 1.807) is 21.3 Å². The summed E-state index contributed by atoms with van der Waals surface area (Å²) in [7, 11) is 4.93. The lowest BCUT2D eigenvalue weighted by Gasteiger charge is -2.14. The van der Waals surface area contributed by atoms with Crippen LogP contribution in [0, 0.1) is 0 Å². The summed E-state index contributed by atoms with van der Waals surface area (Å²) in [5.74, 6) is 2.06.